The van der Waals surface area contributed by atoms with Gasteiger partial charge < -0.3 is 10.1 Å². The van der Waals surface area contributed by atoms with Crippen LogP contribution >= 0.6 is 11.6 Å². The maximum absolute atomic E-state index is 14.0. The monoisotopic (exact) mass is 367 g/mol. The molecule has 1 N–H and O–H groups in total. The van der Waals surface area contributed by atoms with Gasteiger partial charge in [0.2, 0.25) is 5.88 Å². The Hall–Kier alpha value is -2.15. The summed E-state index contributed by atoms with van der Waals surface area (Å²) in [4.78, 5) is 12.6. The maximum atomic E-state index is 14.0. The zero-order chi connectivity index (χ0) is 17.7. The number of nitrogens with zero attached hydrogens (tertiary/aromatic N) is 2. The molecule has 1 aliphatic carbocycles. The SMILES string of the molecule is Cc1cc(Cl)c(F)cc1-c1c(C(=O)NC2CC2)nn2c1OCC(F)C2. The normalized spacial score (nSPS) is 19.3. The van der Waals surface area contributed by atoms with E-state index < -0.39 is 12.0 Å². The summed E-state index contributed by atoms with van der Waals surface area (Å²) < 4.78 is 34.5. The van der Waals surface area contributed by atoms with E-state index in [1.54, 1.807) is 6.92 Å². The van der Waals surface area contributed by atoms with Gasteiger partial charge in [-0.25, -0.2) is 13.5 Å². The summed E-state index contributed by atoms with van der Waals surface area (Å²) in [6.45, 7) is 1.62. The summed E-state index contributed by atoms with van der Waals surface area (Å²) >= 11 is 5.83. The van der Waals surface area contributed by atoms with Crippen molar-refractivity contribution in [1.29, 1.82) is 0 Å². The molecule has 8 heteroatoms. The van der Waals surface area contributed by atoms with Crippen LogP contribution in [-0.4, -0.2) is 34.5 Å². The molecule has 25 heavy (non-hydrogen) atoms. The Morgan fingerprint density at radius 3 is 2.92 bits per heavy atom. The molecule has 1 aliphatic heterocycles. The lowest BCUT2D eigenvalue weighted by molar-refractivity contribution is 0.0944. The maximum Gasteiger partial charge on any atom is 0.272 e. The number of nitrogens with one attached hydrogen (secondary N) is 1. The Labute approximate surface area is 147 Å². The summed E-state index contributed by atoms with van der Waals surface area (Å²) in [7, 11) is 0. The van der Waals surface area contributed by atoms with E-state index in [0.29, 0.717) is 16.7 Å². The van der Waals surface area contributed by atoms with Crippen LogP contribution in [0.5, 0.6) is 5.88 Å². The third-order valence-corrected chi connectivity index (χ3v) is 4.63. The number of carbonyl (C=O) groups is 1. The molecule has 2 aromatic rings. The lowest BCUT2D eigenvalue weighted by atomic mass is 9.99. The summed E-state index contributed by atoms with van der Waals surface area (Å²) in [5.41, 5.74) is 1.62. The van der Waals surface area contributed by atoms with Crippen molar-refractivity contribution in [1.82, 2.24) is 15.1 Å². The molecule has 0 radical (unpaired) electrons. The van der Waals surface area contributed by atoms with Gasteiger partial charge in [-0.2, -0.15) is 5.10 Å². The molecule has 5 nitrogen and oxygen atoms in total. The number of benzene rings is 1. The third-order valence-electron chi connectivity index (χ3n) is 4.34. The molecule has 1 aromatic carbocycles. The van der Waals surface area contributed by atoms with Crippen LogP contribution in [0.1, 0.15) is 28.9 Å². The van der Waals surface area contributed by atoms with Crippen molar-refractivity contribution < 1.29 is 18.3 Å². The summed E-state index contributed by atoms with van der Waals surface area (Å²) in [5.74, 6) is -0.692. The lowest BCUT2D eigenvalue weighted by Gasteiger charge is -2.19. The smallest absolute Gasteiger partial charge is 0.272 e. The number of halogens is 3. The first-order chi connectivity index (χ1) is 11.9. The molecule has 0 saturated heterocycles. The molecule has 2 aliphatic rings. The van der Waals surface area contributed by atoms with Gasteiger partial charge in [0.1, 0.15) is 12.4 Å². The molecular weight excluding hydrogens is 352 g/mol. The van der Waals surface area contributed by atoms with E-state index in [-0.39, 0.29) is 41.7 Å². The van der Waals surface area contributed by atoms with Gasteiger partial charge in [-0.05, 0) is 43.0 Å². The second-order valence-electron chi connectivity index (χ2n) is 6.45. The number of hydrogen-bond donors (Lipinski definition) is 1. The molecule has 1 amide bonds. The highest BCUT2D eigenvalue weighted by Crippen LogP contribution is 2.39. The second kappa shape index (κ2) is 5.98. The average molecular weight is 368 g/mol. The minimum absolute atomic E-state index is 0.00370. The standard InChI is InChI=1S/C17H16ClF2N3O2/c1-8-4-12(18)13(20)5-11(8)14-15(16(24)21-10-2-3-10)22-23-6-9(19)7-25-17(14)23/h4-5,9-10H,2-3,6-7H2,1H3,(H,21,24). The molecule has 0 spiro atoms. The van der Waals surface area contributed by atoms with Crippen molar-refractivity contribution in [3.8, 4) is 17.0 Å². The van der Waals surface area contributed by atoms with E-state index >= 15 is 0 Å². The fraction of sp³-hybridized carbons (Fsp3) is 0.412. The number of carbonyl (C=O) groups excluding carboxylic acids is 1. The zero-order valence-corrected chi connectivity index (χ0v) is 14.2. The molecule has 0 bridgehead atoms. The quantitative estimate of drug-likeness (QED) is 0.905. The number of alkyl halides is 1. The molecule has 132 valence electrons. The average Bonchev–Trinajstić information content (AvgIpc) is 3.29. The summed E-state index contributed by atoms with van der Waals surface area (Å²) in [6, 6.07) is 2.88. The van der Waals surface area contributed by atoms with Crippen LogP contribution < -0.4 is 10.1 Å². The summed E-state index contributed by atoms with van der Waals surface area (Å²) in [6.07, 6.45) is 0.640. The van der Waals surface area contributed by atoms with Crippen LogP contribution in [0.2, 0.25) is 5.02 Å². The van der Waals surface area contributed by atoms with Crippen molar-refractivity contribution in [3.63, 3.8) is 0 Å². The van der Waals surface area contributed by atoms with E-state index in [1.807, 2.05) is 0 Å². The zero-order valence-electron chi connectivity index (χ0n) is 13.5. The molecule has 1 atom stereocenters. The molecular formula is C17H16ClF2N3O2. The van der Waals surface area contributed by atoms with E-state index in [4.69, 9.17) is 16.3 Å². The Bertz CT molecular complexity index is 864. The number of fused-ring (bicyclic) bond motifs is 1. The van der Waals surface area contributed by atoms with Crippen molar-refractivity contribution in [3.05, 3.63) is 34.2 Å². The Morgan fingerprint density at radius 2 is 2.20 bits per heavy atom. The molecule has 2 heterocycles. The molecule has 1 saturated carbocycles. The first-order valence-corrected chi connectivity index (χ1v) is 8.46. The summed E-state index contributed by atoms with van der Waals surface area (Å²) in [5, 5.41) is 7.09. The van der Waals surface area contributed by atoms with E-state index in [1.165, 1.54) is 16.8 Å². The van der Waals surface area contributed by atoms with E-state index in [2.05, 4.69) is 10.4 Å². The predicted molar refractivity (Wildman–Crippen MR) is 88.2 cm³/mol. The fourth-order valence-corrected chi connectivity index (χ4v) is 3.14. The van der Waals surface area contributed by atoms with Crippen molar-refractivity contribution in [2.75, 3.05) is 6.61 Å². The minimum Gasteiger partial charge on any atom is -0.474 e. The van der Waals surface area contributed by atoms with Gasteiger partial charge in [-0.1, -0.05) is 11.6 Å². The Morgan fingerprint density at radius 1 is 1.44 bits per heavy atom. The van der Waals surface area contributed by atoms with Gasteiger partial charge in [0, 0.05) is 6.04 Å². The van der Waals surface area contributed by atoms with E-state index in [0.717, 1.165) is 12.8 Å². The van der Waals surface area contributed by atoms with Crippen LogP contribution in [0, 0.1) is 12.7 Å². The van der Waals surface area contributed by atoms with E-state index in [9.17, 15) is 13.6 Å². The van der Waals surface area contributed by atoms with Gasteiger partial charge >= 0.3 is 0 Å². The molecule has 4 rings (SSSR count). The highest BCUT2D eigenvalue weighted by atomic mass is 35.5. The third kappa shape index (κ3) is 2.97. The highest BCUT2D eigenvalue weighted by molar-refractivity contribution is 6.30. The topological polar surface area (TPSA) is 56.2 Å². The minimum atomic E-state index is -1.21. The fourth-order valence-electron chi connectivity index (χ4n) is 2.93. The number of rotatable bonds is 3. The first-order valence-electron chi connectivity index (χ1n) is 8.08. The number of amides is 1. The van der Waals surface area contributed by atoms with Crippen molar-refractivity contribution >= 4 is 17.5 Å². The highest BCUT2D eigenvalue weighted by Gasteiger charge is 2.33. The Kier molecular flexibility index (Phi) is 3.91. The Balaban J connectivity index is 1.87. The van der Waals surface area contributed by atoms with Crippen LogP contribution in [-0.2, 0) is 6.54 Å². The second-order valence-corrected chi connectivity index (χ2v) is 6.86. The van der Waals surface area contributed by atoms with Crippen LogP contribution in [0.15, 0.2) is 12.1 Å². The molecule has 1 aromatic heterocycles. The predicted octanol–water partition coefficient (Wildman–Crippen LogP) is 3.27. The molecule has 1 unspecified atom stereocenters. The largest absolute Gasteiger partial charge is 0.474 e. The van der Waals surface area contributed by atoms with Crippen molar-refractivity contribution in [2.45, 2.75) is 38.5 Å². The lowest BCUT2D eigenvalue weighted by Crippen LogP contribution is -2.27. The van der Waals surface area contributed by atoms with Gasteiger partial charge in [-0.3, -0.25) is 4.79 Å². The van der Waals surface area contributed by atoms with Crippen LogP contribution in [0.25, 0.3) is 11.1 Å². The molecule has 1 fully saturated rings. The number of aryl methyl sites for hydroxylation is 1. The van der Waals surface area contributed by atoms with Gasteiger partial charge in [0.15, 0.2) is 11.9 Å². The number of ether oxygens (including phenoxy) is 1. The van der Waals surface area contributed by atoms with Gasteiger partial charge in [0.25, 0.3) is 5.91 Å². The number of aromatic nitrogens is 2. The van der Waals surface area contributed by atoms with Crippen LogP contribution in [0.3, 0.4) is 0 Å². The number of hydrogen-bond acceptors (Lipinski definition) is 3. The first kappa shape index (κ1) is 16.3. The van der Waals surface area contributed by atoms with Gasteiger partial charge in [-0.15, -0.1) is 0 Å². The van der Waals surface area contributed by atoms with Gasteiger partial charge in [0.05, 0.1) is 17.1 Å². The van der Waals surface area contributed by atoms with Crippen LogP contribution in [0.4, 0.5) is 8.78 Å². The van der Waals surface area contributed by atoms with Crippen molar-refractivity contribution in [2.24, 2.45) is 0 Å².